The number of nitrogens with two attached hydrogens (primary N) is 1. The van der Waals surface area contributed by atoms with Crippen molar-refractivity contribution in [3.05, 3.63) is 29.0 Å². The first-order chi connectivity index (χ1) is 7.00. The van der Waals surface area contributed by atoms with Crippen LogP contribution in [0.3, 0.4) is 0 Å². The van der Waals surface area contributed by atoms with Crippen molar-refractivity contribution in [3.63, 3.8) is 0 Å². The number of halogens is 1. The first-order valence-corrected chi connectivity index (χ1v) is 5.72. The molecule has 0 aliphatic heterocycles. The lowest BCUT2D eigenvalue weighted by molar-refractivity contribution is 0.476. The van der Waals surface area contributed by atoms with Crippen LogP contribution >= 0.6 is 11.6 Å². The number of aromatic nitrogens is 1. The fourth-order valence-corrected chi connectivity index (χ4v) is 2.40. The van der Waals surface area contributed by atoms with Crippen LogP contribution in [0.1, 0.15) is 25.8 Å². The van der Waals surface area contributed by atoms with Crippen LogP contribution in [0.15, 0.2) is 18.5 Å². The molecule has 0 saturated heterocycles. The third-order valence-corrected chi connectivity index (χ3v) is 3.76. The Morgan fingerprint density at radius 1 is 1.67 bits per heavy atom. The maximum atomic E-state index is 6.18. The molecule has 15 heavy (non-hydrogen) atoms. The molecule has 2 N–H and O–H groups in total. The summed E-state index contributed by atoms with van der Waals surface area (Å²) in [6.45, 7) is 4.54. The highest BCUT2D eigenvalue weighted by Crippen LogP contribution is 2.53. The van der Waals surface area contributed by atoms with Crippen molar-refractivity contribution in [3.8, 4) is 0 Å². The molecule has 1 aromatic rings. The summed E-state index contributed by atoms with van der Waals surface area (Å²) in [7, 11) is 0. The molecule has 1 aromatic heterocycles. The SMILES string of the molecule is CC1(C)CC1C(N)Cc1ccncc1Cl. The number of pyridine rings is 1. The van der Waals surface area contributed by atoms with Crippen LogP contribution in [0, 0.1) is 11.3 Å². The van der Waals surface area contributed by atoms with Crippen LogP contribution in [0.5, 0.6) is 0 Å². The summed E-state index contributed by atoms with van der Waals surface area (Å²) in [6.07, 6.45) is 5.54. The van der Waals surface area contributed by atoms with Crippen LogP contribution < -0.4 is 5.73 Å². The average Bonchev–Trinajstić information content (AvgIpc) is 2.79. The van der Waals surface area contributed by atoms with Crippen LogP contribution in [0.2, 0.25) is 5.02 Å². The summed E-state index contributed by atoms with van der Waals surface area (Å²) in [5.41, 5.74) is 7.72. The van der Waals surface area contributed by atoms with Gasteiger partial charge in [-0.1, -0.05) is 25.4 Å². The fourth-order valence-electron chi connectivity index (χ4n) is 2.20. The monoisotopic (exact) mass is 224 g/mol. The molecule has 2 rings (SSSR count). The van der Waals surface area contributed by atoms with Gasteiger partial charge in [0.15, 0.2) is 0 Å². The third-order valence-electron chi connectivity index (χ3n) is 3.42. The van der Waals surface area contributed by atoms with Gasteiger partial charge in [-0.25, -0.2) is 0 Å². The van der Waals surface area contributed by atoms with E-state index in [0.29, 0.717) is 11.3 Å². The molecule has 2 unspecified atom stereocenters. The van der Waals surface area contributed by atoms with Crippen molar-refractivity contribution in [2.75, 3.05) is 0 Å². The molecule has 1 fully saturated rings. The number of nitrogens with zero attached hydrogens (tertiary/aromatic N) is 1. The fraction of sp³-hybridized carbons (Fsp3) is 0.583. The van der Waals surface area contributed by atoms with Crippen LogP contribution in [-0.4, -0.2) is 11.0 Å². The van der Waals surface area contributed by atoms with Crippen molar-refractivity contribution in [2.45, 2.75) is 32.7 Å². The lowest BCUT2D eigenvalue weighted by atomic mass is 9.99. The Labute approximate surface area is 95.8 Å². The lowest BCUT2D eigenvalue weighted by Crippen LogP contribution is -2.27. The quantitative estimate of drug-likeness (QED) is 0.858. The first-order valence-electron chi connectivity index (χ1n) is 5.35. The van der Waals surface area contributed by atoms with Crippen molar-refractivity contribution in [1.82, 2.24) is 4.98 Å². The molecule has 1 aliphatic carbocycles. The van der Waals surface area contributed by atoms with Gasteiger partial charge in [0.1, 0.15) is 0 Å². The van der Waals surface area contributed by atoms with Gasteiger partial charge in [0.25, 0.3) is 0 Å². The summed E-state index contributed by atoms with van der Waals surface area (Å²) in [5, 5.41) is 0.728. The minimum Gasteiger partial charge on any atom is -0.327 e. The van der Waals surface area contributed by atoms with E-state index in [1.807, 2.05) is 6.07 Å². The number of hydrogen-bond donors (Lipinski definition) is 1. The van der Waals surface area contributed by atoms with E-state index in [1.165, 1.54) is 6.42 Å². The smallest absolute Gasteiger partial charge is 0.0621 e. The Bertz CT molecular complexity index is 362. The summed E-state index contributed by atoms with van der Waals surface area (Å²) < 4.78 is 0. The Morgan fingerprint density at radius 2 is 2.33 bits per heavy atom. The average molecular weight is 225 g/mol. The van der Waals surface area contributed by atoms with Gasteiger partial charge in [0.05, 0.1) is 5.02 Å². The highest BCUT2D eigenvalue weighted by Gasteiger charge is 2.48. The van der Waals surface area contributed by atoms with Gasteiger partial charge >= 0.3 is 0 Å². The zero-order valence-electron chi connectivity index (χ0n) is 9.20. The number of rotatable bonds is 3. The molecule has 1 aliphatic rings. The number of hydrogen-bond acceptors (Lipinski definition) is 2. The van der Waals surface area contributed by atoms with Gasteiger partial charge in [-0.15, -0.1) is 0 Å². The Kier molecular flexibility index (Phi) is 2.73. The van der Waals surface area contributed by atoms with Crippen molar-refractivity contribution in [1.29, 1.82) is 0 Å². The van der Waals surface area contributed by atoms with E-state index in [9.17, 15) is 0 Å². The van der Waals surface area contributed by atoms with Gasteiger partial charge < -0.3 is 5.73 Å². The molecule has 0 amide bonds. The minimum absolute atomic E-state index is 0.222. The van der Waals surface area contributed by atoms with E-state index in [4.69, 9.17) is 17.3 Å². The van der Waals surface area contributed by atoms with Crippen molar-refractivity contribution < 1.29 is 0 Å². The largest absolute Gasteiger partial charge is 0.327 e. The molecule has 1 saturated carbocycles. The summed E-state index contributed by atoms with van der Waals surface area (Å²) in [5.74, 6) is 0.640. The third kappa shape index (κ3) is 2.32. The molecule has 0 radical (unpaired) electrons. The summed E-state index contributed by atoms with van der Waals surface area (Å²) in [4.78, 5) is 3.97. The highest BCUT2D eigenvalue weighted by molar-refractivity contribution is 6.31. The second-order valence-corrected chi connectivity index (χ2v) is 5.54. The standard InChI is InChI=1S/C12H17ClN2/c1-12(2)6-9(12)11(14)5-8-3-4-15-7-10(8)13/h3-4,7,9,11H,5-6,14H2,1-2H3. The van der Waals surface area contributed by atoms with E-state index < -0.39 is 0 Å². The molecule has 2 nitrogen and oxygen atoms in total. The predicted molar refractivity (Wildman–Crippen MR) is 62.8 cm³/mol. The molecular weight excluding hydrogens is 208 g/mol. The van der Waals surface area contributed by atoms with E-state index >= 15 is 0 Å². The zero-order chi connectivity index (χ0) is 11.1. The lowest BCUT2D eigenvalue weighted by Gasteiger charge is -2.14. The topological polar surface area (TPSA) is 38.9 Å². The van der Waals surface area contributed by atoms with Crippen molar-refractivity contribution in [2.24, 2.45) is 17.1 Å². The van der Waals surface area contributed by atoms with Gasteiger partial charge in [0.2, 0.25) is 0 Å². The maximum absolute atomic E-state index is 6.18. The van der Waals surface area contributed by atoms with Gasteiger partial charge in [-0.3, -0.25) is 4.98 Å². The van der Waals surface area contributed by atoms with E-state index in [2.05, 4.69) is 18.8 Å². The molecule has 0 bridgehead atoms. The Morgan fingerprint density at radius 3 is 2.87 bits per heavy atom. The minimum atomic E-state index is 0.222. The predicted octanol–water partition coefficient (Wildman–Crippen LogP) is 2.65. The molecule has 82 valence electrons. The van der Waals surface area contributed by atoms with Gasteiger partial charge in [-0.05, 0) is 35.8 Å². The van der Waals surface area contributed by atoms with E-state index in [-0.39, 0.29) is 6.04 Å². The molecular formula is C12H17ClN2. The maximum Gasteiger partial charge on any atom is 0.0621 e. The molecule has 1 heterocycles. The van der Waals surface area contributed by atoms with Crippen LogP contribution in [-0.2, 0) is 6.42 Å². The summed E-state index contributed by atoms with van der Waals surface area (Å²) in [6, 6.07) is 2.18. The van der Waals surface area contributed by atoms with Crippen LogP contribution in [0.4, 0.5) is 0 Å². The molecule has 0 spiro atoms. The second kappa shape index (κ2) is 3.76. The summed E-state index contributed by atoms with van der Waals surface area (Å²) >= 11 is 6.05. The Balaban J connectivity index is 2.01. The van der Waals surface area contributed by atoms with Gasteiger partial charge in [0, 0.05) is 18.4 Å². The van der Waals surface area contributed by atoms with E-state index in [0.717, 1.165) is 17.0 Å². The highest BCUT2D eigenvalue weighted by atomic mass is 35.5. The normalized spacial score (nSPS) is 24.9. The second-order valence-electron chi connectivity index (χ2n) is 5.13. The van der Waals surface area contributed by atoms with E-state index in [1.54, 1.807) is 12.4 Å². The molecule has 2 atom stereocenters. The van der Waals surface area contributed by atoms with Crippen LogP contribution in [0.25, 0.3) is 0 Å². The molecule has 0 aromatic carbocycles. The Hall–Kier alpha value is -0.600. The van der Waals surface area contributed by atoms with Gasteiger partial charge in [-0.2, -0.15) is 0 Å². The molecule has 3 heteroatoms. The first kappa shape index (κ1) is 10.9. The zero-order valence-corrected chi connectivity index (χ0v) is 9.96. The van der Waals surface area contributed by atoms with Crippen molar-refractivity contribution >= 4 is 11.6 Å².